The summed E-state index contributed by atoms with van der Waals surface area (Å²) in [5, 5.41) is 3.43. The molecular formula is C20H33N3O3. The highest BCUT2D eigenvalue weighted by molar-refractivity contribution is 5.80. The molecule has 2 rings (SSSR count). The lowest BCUT2D eigenvalue weighted by atomic mass is 9.92. The van der Waals surface area contributed by atoms with Gasteiger partial charge in [0.25, 0.3) is 0 Å². The Labute approximate surface area is 157 Å². The van der Waals surface area contributed by atoms with Crippen molar-refractivity contribution in [2.24, 2.45) is 16.8 Å². The Bertz CT molecular complexity index is 609. The summed E-state index contributed by atoms with van der Waals surface area (Å²) >= 11 is 0. The lowest BCUT2D eigenvalue weighted by Crippen LogP contribution is -2.48. The molecule has 6 heteroatoms. The maximum Gasteiger partial charge on any atom is 0.194 e. The van der Waals surface area contributed by atoms with E-state index in [0.29, 0.717) is 29.9 Å². The molecule has 2 unspecified atom stereocenters. The van der Waals surface area contributed by atoms with E-state index in [9.17, 15) is 0 Å². The molecule has 0 aromatic heterocycles. The van der Waals surface area contributed by atoms with Crippen LogP contribution in [0, 0.1) is 11.8 Å². The summed E-state index contributed by atoms with van der Waals surface area (Å²) in [7, 11) is 4.92. The molecular weight excluding hydrogens is 330 g/mol. The Morgan fingerprint density at radius 2 is 1.62 bits per heavy atom. The third-order valence-electron chi connectivity index (χ3n) is 4.69. The zero-order chi connectivity index (χ0) is 19.1. The Balaban J connectivity index is 2.26. The number of nitrogens with zero attached hydrogens (tertiary/aromatic N) is 2. The van der Waals surface area contributed by atoms with Crippen LogP contribution < -0.4 is 19.5 Å². The lowest BCUT2D eigenvalue weighted by molar-refractivity contribution is 0.208. The predicted molar refractivity (Wildman–Crippen MR) is 105 cm³/mol. The second-order valence-corrected chi connectivity index (χ2v) is 7.04. The highest BCUT2D eigenvalue weighted by atomic mass is 16.5. The van der Waals surface area contributed by atoms with Gasteiger partial charge in [-0.2, -0.15) is 0 Å². The second kappa shape index (κ2) is 9.55. The van der Waals surface area contributed by atoms with Gasteiger partial charge in [-0.05, 0) is 31.2 Å². The highest BCUT2D eigenvalue weighted by Gasteiger charge is 2.24. The van der Waals surface area contributed by atoms with Gasteiger partial charge in [0.2, 0.25) is 0 Å². The van der Waals surface area contributed by atoms with E-state index >= 15 is 0 Å². The summed E-state index contributed by atoms with van der Waals surface area (Å²) in [5.74, 6) is 4.41. The molecule has 1 aromatic rings. The number of likely N-dealkylation sites (tertiary alicyclic amines) is 1. The molecule has 1 saturated heterocycles. The van der Waals surface area contributed by atoms with E-state index in [2.05, 4.69) is 31.0 Å². The van der Waals surface area contributed by atoms with Gasteiger partial charge < -0.3 is 24.4 Å². The number of nitrogens with one attached hydrogen (secondary N) is 1. The molecule has 1 N–H and O–H groups in total. The van der Waals surface area contributed by atoms with Crippen molar-refractivity contribution in [3.63, 3.8) is 0 Å². The van der Waals surface area contributed by atoms with Gasteiger partial charge in [0.1, 0.15) is 5.75 Å². The predicted octanol–water partition coefficient (Wildman–Crippen LogP) is 3.16. The topological polar surface area (TPSA) is 55.3 Å². The quantitative estimate of drug-likeness (QED) is 0.621. The minimum absolute atomic E-state index is 0.519. The van der Waals surface area contributed by atoms with E-state index < -0.39 is 0 Å². The van der Waals surface area contributed by atoms with Gasteiger partial charge in [-0.1, -0.05) is 13.8 Å². The first-order chi connectivity index (χ1) is 12.5. The molecule has 1 aliphatic rings. The van der Waals surface area contributed by atoms with Crippen LogP contribution in [0.4, 0.5) is 0 Å². The average Bonchev–Trinajstić information content (AvgIpc) is 2.63. The summed E-state index contributed by atoms with van der Waals surface area (Å²) in [6.45, 7) is 10.2. The van der Waals surface area contributed by atoms with E-state index in [1.807, 2.05) is 12.1 Å². The summed E-state index contributed by atoms with van der Waals surface area (Å²) < 4.78 is 16.3. The fraction of sp³-hybridized carbons (Fsp3) is 0.650. The number of guanidine groups is 1. The first-order valence-electron chi connectivity index (χ1n) is 9.34. The molecule has 146 valence electrons. The van der Waals surface area contributed by atoms with Crippen molar-refractivity contribution in [1.29, 1.82) is 0 Å². The van der Waals surface area contributed by atoms with Crippen LogP contribution in [0.2, 0.25) is 0 Å². The third kappa shape index (κ3) is 4.96. The average molecular weight is 364 g/mol. The van der Waals surface area contributed by atoms with E-state index in [1.165, 1.54) is 6.42 Å². The van der Waals surface area contributed by atoms with E-state index in [4.69, 9.17) is 19.2 Å². The van der Waals surface area contributed by atoms with Crippen LogP contribution in [0.25, 0.3) is 0 Å². The summed E-state index contributed by atoms with van der Waals surface area (Å²) in [4.78, 5) is 7.24. The molecule has 26 heavy (non-hydrogen) atoms. The molecule has 0 bridgehead atoms. The number of hydrogen-bond donors (Lipinski definition) is 1. The van der Waals surface area contributed by atoms with Crippen molar-refractivity contribution in [3.8, 4) is 17.2 Å². The van der Waals surface area contributed by atoms with E-state index in [0.717, 1.165) is 36.9 Å². The molecule has 2 atom stereocenters. The Morgan fingerprint density at radius 1 is 1.04 bits per heavy atom. The smallest absolute Gasteiger partial charge is 0.194 e. The SMILES string of the molecule is CCNC(=NCc1cc(OC)c(OC)cc1OC)N1CC(C)CC(C)C1. The maximum absolute atomic E-state index is 5.52. The van der Waals surface area contributed by atoms with Crippen molar-refractivity contribution in [2.75, 3.05) is 41.0 Å². The third-order valence-corrected chi connectivity index (χ3v) is 4.69. The van der Waals surface area contributed by atoms with Gasteiger partial charge in [-0.25, -0.2) is 4.99 Å². The van der Waals surface area contributed by atoms with Crippen LogP contribution in [0.15, 0.2) is 17.1 Å². The fourth-order valence-electron chi connectivity index (χ4n) is 3.64. The van der Waals surface area contributed by atoms with Crippen molar-refractivity contribution in [2.45, 2.75) is 33.7 Å². The molecule has 0 radical (unpaired) electrons. The van der Waals surface area contributed by atoms with Crippen LogP contribution in [-0.4, -0.2) is 51.8 Å². The van der Waals surface area contributed by atoms with Crippen LogP contribution >= 0.6 is 0 Å². The number of piperidine rings is 1. The Hall–Kier alpha value is -2.11. The summed E-state index contributed by atoms with van der Waals surface area (Å²) in [6.07, 6.45) is 1.28. The normalized spacial score (nSPS) is 20.7. The van der Waals surface area contributed by atoms with Crippen molar-refractivity contribution >= 4 is 5.96 Å². The molecule has 1 aliphatic heterocycles. The van der Waals surface area contributed by atoms with Crippen molar-refractivity contribution < 1.29 is 14.2 Å². The molecule has 1 heterocycles. The minimum Gasteiger partial charge on any atom is -0.496 e. The van der Waals surface area contributed by atoms with Crippen LogP contribution in [0.1, 0.15) is 32.8 Å². The van der Waals surface area contributed by atoms with Crippen molar-refractivity contribution in [1.82, 2.24) is 10.2 Å². The number of hydrogen-bond acceptors (Lipinski definition) is 4. The van der Waals surface area contributed by atoms with Gasteiger partial charge in [-0.15, -0.1) is 0 Å². The maximum atomic E-state index is 5.52. The molecule has 0 amide bonds. The van der Waals surface area contributed by atoms with Crippen LogP contribution in [0.5, 0.6) is 17.2 Å². The molecule has 1 fully saturated rings. The molecule has 6 nitrogen and oxygen atoms in total. The molecule has 0 saturated carbocycles. The van der Waals surface area contributed by atoms with Gasteiger partial charge in [-0.3, -0.25) is 0 Å². The van der Waals surface area contributed by atoms with Crippen LogP contribution in [-0.2, 0) is 6.54 Å². The van der Waals surface area contributed by atoms with Gasteiger partial charge in [0, 0.05) is 31.3 Å². The molecule has 0 spiro atoms. The van der Waals surface area contributed by atoms with E-state index in [-0.39, 0.29) is 0 Å². The monoisotopic (exact) mass is 363 g/mol. The number of ether oxygens (including phenoxy) is 3. The lowest BCUT2D eigenvalue weighted by Gasteiger charge is -2.37. The highest BCUT2D eigenvalue weighted by Crippen LogP contribution is 2.35. The first-order valence-corrected chi connectivity index (χ1v) is 9.34. The number of methoxy groups -OCH3 is 3. The molecule has 1 aromatic carbocycles. The second-order valence-electron chi connectivity index (χ2n) is 7.04. The zero-order valence-electron chi connectivity index (χ0n) is 17.0. The largest absolute Gasteiger partial charge is 0.496 e. The Kier molecular flexibility index (Phi) is 7.42. The number of benzene rings is 1. The van der Waals surface area contributed by atoms with E-state index in [1.54, 1.807) is 21.3 Å². The fourth-order valence-corrected chi connectivity index (χ4v) is 3.64. The summed E-state index contributed by atoms with van der Waals surface area (Å²) in [6, 6.07) is 3.79. The number of rotatable bonds is 6. The minimum atomic E-state index is 0.519. The van der Waals surface area contributed by atoms with Crippen LogP contribution in [0.3, 0.4) is 0 Å². The standard InChI is InChI=1S/C20H33N3O3/c1-7-21-20(23-12-14(2)8-15(3)13-23)22-11-16-9-18(25-5)19(26-6)10-17(16)24-4/h9-10,14-15H,7-8,11-13H2,1-6H3,(H,21,22). The van der Waals surface area contributed by atoms with Gasteiger partial charge >= 0.3 is 0 Å². The summed E-state index contributed by atoms with van der Waals surface area (Å²) in [5.41, 5.74) is 0.971. The van der Waals surface area contributed by atoms with Gasteiger partial charge in [0.15, 0.2) is 17.5 Å². The van der Waals surface area contributed by atoms with Crippen molar-refractivity contribution in [3.05, 3.63) is 17.7 Å². The van der Waals surface area contributed by atoms with Gasteiger partial charge in [0.05, 0.1) is 27.9 Å². The Morgan fingerprint density at radius 3 is 2.15 bits per heavy atom. The first kappa shape index (κ1) is 20.2. The molecule has 0 aliphatic carbocycles. The zero-order valence-corrected chi connectivity index (χ0v) is 17.0. The number of aliphatic imine (C=N–C) groups is 1.